The van der Waals surface area contributed by atoms with Crippen LogP contribution in [0.1, 0.15) is 38.7 Å². The summed E-state index contributed by atoms with van der Waals surface area (Å²) in [7, 11) is 0. The lowest BCUT2D eigenvalue weighted by molar-refractivity contribution is 0.757. The third-order valence-electron chi connectivity index (χ3n) is 4.14. The van der Waals surface area contributed by atoms with E-state index in [4.69, 9.17) is 16.6 Å². The van der Waals surface area contributed by atoms with E-state index in [1.807, 2.05) is 35.9 Å². The Morgan fingerprint density at radius 1 is 1.21 bits per heavy atom. The Kier molecular flexibility index (Phi) is 4.71. The predicted molar refractivity (Wildman–Crippen MR) is 99.2 cm³/mol. The highest BCUT2D eigenvalue weighted by atomic mass is 35.5. The van der Waals surface area contributed by atoms with Crippen LogP contribution in [-0.2, 0) is 6.42 Å². The number of para-hydroxylation sites is 1. The zero-order chi connectivity index (χ0) is 17.3. The highest BCUT2D eigenvalue weighted by Gasteiger charge is 2.19. The summed E-state index contributed by atoms with van der Waals surface area (Å²) in [5.74, 6) is 1.64. The fraction of sp³-hybridized carbons (Fsp3) is 0.389. The Balaban J connectivity index is 2.27. The molecule has 1 aromatic carbocycles. The standard InChI is InChI=1S/C18H22ClN5/c1-5-11(3)20-17-16-12(4)23-24(14-10-8-7-9-13(14)19)18(16)22-15(6-2)21-17/h7-11H,5-6H2,1-4H3,(H,20,21,22). The van der Waals surface area contributed by atoms with Crippen LogP contribution < -0.4 is 5.32 Å². The topological polar surface area (TPSA) is 55.6 Å². The van der Waals surface area contributed by atoms with Crippen LogP contribution in [0.15, 0.2) is 24.3 Å². The molecule has 0 amide bonds. The fourth-order valence-corrected chi connectivity index (χ4v) is 2.83. The van der Waals surface area contributed by atoms with Gasteiger partial charge in [0.2, 0.25) is 0 Å². The lowest BCUT2D eigenvalue weighted by Gasteiger charge is -2.14. The third kappa shape index (κ3) is 2.96. The van der Waals surface area contributed by atoms with Gasteiger partial charge in [-0.1, -0.05) is 37.6 Å². The first-order chi connectivity index (χ1) is 11.5. The van der Waals surface area contributed by atoms with Crippen LogP contribution in [0.3, 0.4) is 0 Å². The van der Waals surface area contributed by atoms with Crippen molar-refractivity contribution in [2.24, 2.45) is 0 Å². The molecular weight excluding hydrogens is 322 g/mol. The Bertz CT molecular complexity index is 871. The molecule has 0 fully saturated rings. The molecule has 0 spiro atoms. The zero-order valence-corrected chi connectivity index (χ0v) is 15.2. The van der Waals surface area contributed by atoms with Crippen molar-refractivity contribution in [1.82, 2.24) is 19.7 Å². The molecule has 0 bridgehead atoms. The number of benzene rings is 1. The summed E-state index contributed by atoms with van der Waals surface area (Å²) in [5, 5.41) is 9.77. The van der Waals surface area contributed by atoms with Crippen LogP contribution in [0.5, 0.6) is 0 Å². The van der Waals surface area contributed by atoms with E-state index in [1.165, 1.54) is 0 Å². The van der Waals surface area contributed by atoms with E-state index in [2.05, 4.69) is 36.2 Å². The van der Waals surface area contributed by atoms with Crippen LogP contribution in [0.4, 0.5) is 5.82 Å². The number of hydrogen-bond donors (Lipinski definition) is 1. The van der Waals surface area contributed by atoms with E-state index in [-0.39, 0.29) is 0 Å². The van der Waals surface area contributed by atoms with Crippen molar-refractivity contribution in [2.45, 2.75) is 46.6 Å². The van der Waals surface area contributed by atoms with Crippen molar-refractivity contribution in [3.8, 4) is 5.69 Å². The normalized spacial score (nSPS) is 12.5. The summed E-state index contributed by atoms with van der Waals surface area (Å²) in [6.07, 6.45) is 1.78. The minimum absolute atomic E-state index is 0.330. The first kappa shape index (κ1) is 16.7. The van der Waals surface area contributed by atoms with Crippen molar-refractivity contribution in [1.29, 1.82) is 0 Å². The van der Waals surface area contributed by atoms with Crippen LogP contribution in [0.25, 0.3) is 16.7 Å². The second kappa shape index (κ2) is 6.77. The smallest absolute Gasteiger partial charge is 0.169 e. The summed E-state index contributed by atoms with van der Waals surface area (Å²) in [4.78, 5) is 9.41. The van der Waals surface area contributed by atoms with Crippen LogP contribution in [0.2, 0.25) is 5.02 Å². The highest BCUT2D eigenvalue weighted by molar-refractivity contribution is 6.32. The largest absolute Gasteiger partial charge is 0.367 e. The molecule has 1 atom stereocenters. The van der Waals surface area contributed by atoms with Gasteiger partial charge < -0.3 is 5.32 Å². The average molecular weight is 344 g/mol. The predicted octanol–water partition coefficient (Wildman–Crippen LogP) is 4.55. The SMILES string of the molecule is CCc1nc(NC(C)CC)c2c(C)nn(-c3ccccc3Cl)c2n1. The summed E-state index contributed by atoms with van der Waals surface area (Å²) < 4.78 is 1.82. The maximum absolute atomic E-state index is 6.37. The van der Waals surface area contributed by atoms with E-state index < -0.39 is 0 Å². The van der Waals surface area contributed by atoms with E-state index in [0.29, 0.717) is 11.1 Å². The molecule has 0 aliphatic carbocycles. The van der Waals surface area contributed by atoms with Gasteiger partial charge in [-0.25, -0.2) is 14.6 Å². The van der Waals surface area contributed by atoms with Gasteiger partial charge in [-0.3, -0.25) is 0 Å². The van der Waals surface area contributed by atoms with E-state index in [1.54, 1.807) is 0 Å². The van der Waals surface area contributed by atoms with Gasteiger partial charge in [0.1, 0.15) is 11.6 Å². The lowest BCUT2D eigenvalue weighted by Crippen LogP contribution is -2.16. The first-order valence-electron chi connectivity index (χ1n) is 8.32. The van der Waals surface area contributed by atoms with Gasteiger partial charge in [0.15, 0.2) is 5.65 Å². The van der Waals surface area contributed by atoms with Crippen molar-refractivity contribution in [3.05, 3.63) is 40.8 Å². The molecule has 0 saturated heterocycles. The Morgan fingerprint density at radius 3 is 2.62 bits per heavy atom. The fourth-order valence-electron chi connectivity index (χ4n) is 2.62. The summed E-state index contributed by atoms with van der Waals surface area (Å²) >= 11 is 6.37. The van der Waals surface area contributed by atoms with Crippen molar-refractivity contribution in [3.63, 3.8) is 0 Å². The minimum atomic E-state index is 0.330. The monoisotopic (exact) mass is 343 g/mol. The van der Waals surface area contributed by atoms with E-state index in [0.717, 1.165) is 46.9 Å². The first-order valence-corrected chi connectivity index (χ1v) is 8.70. The van der Waals surface area contributed by atoms with Gasteiger partial charge in [0.25, 0.3) is 0 Å². The molecule has 1 unspecified atom stereocenters. The van der Waals surface area contributed by atoms with Crippen molar-refractivity contribution < 1.29 is 0 Å². The molecule has 2 aromatic heterocycles. The lowest BCUT2D eigenvalue weighted by atomic mass is 10.2. The number of aromatic nitrogens is 4. The molecule has 24 heavy (non-hydrogen) atoms. The van der Waals surface area contributed by atoms with Gasteiger partial charge in [-0.15, -0.1) is 0 Å². The van der Waals surface area contributed by atoms with Gasteiger partial charge in [-0.05, 0) is 32.4 Å². The molecule has 2 heterocycles. The second-order valence-corrected chi connectivity index (χ2v) is 6.35. The number of hydrogen-bond acceptors (Lipinski definition) is 4. The average Bonchev–Trinajstić information content (AvgIpc) is 2.92. The van der Waals surface area contributed by atoms with Crippen LogP contribution in [-0.4, -0.2) is 25.8 Å². The number of anilines is 1. The van der Waals surface area contributed by atoms with Gasteiger partial charge in [-0.2, -0.15) is 5.10 Å². The molecule has 0 aliphatic heterocycles. The number of rotatable bonds is 5. The molecule has 3 aromatic rings. The zero-order valence-electron chi connectivity index (χ0n) is 14.5. The highest BCUT2D eigenvalue weighted by Crippen LogP contribution is 2.29. The number of nitrogens with one attached hydrogen (secondary N) is 1. The van der Waals surface area contributed by atoms with Crippen molar-refractivity contribution >= 4 is 28.5 Å². The Labute approximate surface area is 147 Å². The van der Waals surface area contributed by atoms with E-state index >= 15 is 0 Å². The second-order valence-electron chi connectivity index (χ2n) is 5.94. The third-order valence-corrected chi connectivity index (χ3v) is 4.46. The summed E-state index contributed by atoms with van der Waals surface area (Å²) in [6.45, 7) is 8.33. The molecule has 0 aliphatic rings. The summed E-state index contributed by atoms with van der Waals surface area (Å²) in [5.41, 5.74) is 2.50. The molecule has 5 nitrogen and oxygen atoms in total. The van der Waals surface area contributed by atoms with Crippen LogP contribution >= 0.6 is 11.6 Å². The summed E-state index contributed by atoms with van der Waals surface area (Å²) in [6, 6.07) is 8.00. The van der Waals surface area contributed by atoms with Gasteiger partial charge in [0.05, 0.1) is 21.8 Å². The molecule has 3 rings (SSSR count). The number of halogens is 1. The number of nitrogens with zero attached hydrogens (tertiary/aromatic N) is 4. The molecule has 126 valence electrons. The quantitative estimate of drug-likeness (QED) is 0.738. The van der Waals surface area contributed by atoms with Gasteiger partial charge in [0, 0.05) is 12.5 Å². The Morgan fingerprint density at radius 2 is 1.96 bits per heavy atom. The van der Waals surface area contributed by atoms with Crippen LogP contribution in [0, 0.1) is 6.92 Å². The van der Waals surface area contributed by atoms with Crippen molar-refractivity contribution in [2.75, 3.05) is 5.32 Å². The molecule has 6 heteroatoms. The maximum atomic E-state index is 6.37. The number of aryl methyl sites for hydroxylation is 2. The molecule has 1 N–H and O–H groups in total. The van der Waals surface area contributed by atoms with E-state index in [9.17, 15) is 0 Å². The molecule has 0 saturated carbocycles. The number of fused-ring (bicyclic) bond motifs is 1. The Hall–Kier alpha value is -2.14. The molecular formula is C18H22ClN5. The molecule has 0 radical (unpaired) electrons. The maximum Gasteiger partial charge on any atom is 0.169 e. The van der Waals surface area contributed by atoms with Gasteiger partial charge >= 0.3 is 0 Å². The minimum Gasteiger partial charge on any atom is -0.367 e.